The van der Waals surface area contributed by atoms with Gasteiger partial charge in [-0.05, 0) is 6.07 Å². The normalized spacial score (nSPS) is 13.3. The molecule has 0 aliphatic rings. The number of hydrogen-bond donors (Lipinski definition) is 2. The Bertz CT molecular complexity index is 882. The molecule has 4 N–H and O–H groups in total. The van der Waals surface area contributed by atoms with Crippen molar-refractivity contribution in [2.45, 2.75) is 14.7 Å². The van der Waals surface area contributed by atoms with Crippen LogP contribution in [-0.2, 0) is 29.5 Å². The van der Waals surface area contributed by atoms with Crippen LogP contribution in [-0.4, -0.2) is 44.0 Å². The predicted molar refractivity (Wildman–Crippen MR) is 74.6 cm³/mol. The molecule has 1 rings (SSSR count). The largest absolute Gasteiger partial charge is 0.398 e. The fourth-order valence-corrected chi connectivity index (χ4v) is 5.41. The zero-order valence-corrected chi connectivity index (χ0v) is 13.4. The fraction of sp³-hybridized carbons (Fsp3) is 0.333. The minimum Gasteiger partial charge on any atom is -0.398 e. The minimum atomic E-state index is -4.07. The van der Waals surface area contributed by atoms with Gasteiger partial charge in [-0.15, -0.1) is 0 Å². The van der Waals surface area contributed by atoms with Gasteiger partial charge >= 0.3 is 0 Å². The number of sulfone groups is 3. The molecule has 0 bridgehead atoms. The van der Waals surface area contributed by atoms with Gasteiger partial charge in [-0.1, -0.05) is 0 Å². The summed E-state index contributed by atoms with van der Waals surface area (Å²) in [6.07, 6.45) is 2.30. The number of benzene rings is 1. The Balaban J connectivity index is 4.19. The van der Waals surface area contributed by atoms with E-state index in [-0.39, 0.29) is 0 Å². The average Bonchev–Trinajstić information content (AvgIpc) is 2.09. The lowest BCUT2D eigenvalue weighted by Gasteiger charge is -2.15. The van der Waals surface area contributed by atoms with Crippen molar-refractivity contribution < 1.29 is 25.3 Å². The van der Waals surface area contributed by atoms with Crippen molar-refractivity contribution in [2.75, 3.05) is 30.2 Å². The van der Waals surface area contributed by atoms with Crippen molar-refractivity contribution in [1.29, 1.82) is 0 Å². The van der Waals surface area contributed by atoms with Gasteiger partial charge in [-0.3, -0.25) is 0 Å². The molecule has 0 atom stereocenters. The van der Waals surface area contributed by atoms with Crippen molar-refractivity contribution >= 4 is 40.9 Å². The first-order chi connectivity index (χ1) is 8.67. The molecule has 20 heavy (non-hydrogen) atoms. The highest BCUT2D eigenvalue weighted by Gasteiger charge is 2.30. The smallest absolute Gasteiger partial charge is 0.179 e. The molecule has 11 heteroatoms. The maximum absolute atomic E-state index is 11.7. The molecule has 0 unspecified atom stereocenters. The third-order valence-electron chi connectivity index (χ3n) is 2.40. The molecule has 114 valence electrons. The number of rotatable bonds is 3. The molecule has 0 amide bonds. The van der Waals surface area contributed by atoms with E-state index in [2.05, 4.69) is 0 Å². The maximum Gasteiger partial charge on any atom is 0.179 e. The Morgan fingerprint density at radius 2 is 1.15 bits per heavy atom. The van der Waals surface area contributed by atoms with E-state index in [0.29, 0.717) is 0 Å². The highest BCUT2D eigenvalue weighted by atomic mass is 32.2. The molecule has 0 saturated carbocycles. The fourth-order valence-electron chi connectivity index (χ4n) is 1.74. The quantitative estimate of drug-likeness (QED) is 0.667. The van der Waals surface area contributed by atoms with Crippen LogP contribution in [0.2, 0.25) is 0 Å². The van der Waals surface area contributed by atoms with Crippen molar-refractivity contribution in [3.63, 3.8) is 0 Å². The lowest BCUT2D eigenvalue weighted by molar-refractivity contribution is 0.588. The van der Waals surface area contributed by atoms with E-state index in [9.17, 15) is 25.3 Å². The van der Waals surface area contributed by atoms with E-state index in [1.165, 1.54) is 0 Å². The van der Waals surface area contributed by atoms with Gasteiger partial charge < -0.3 is 11.5 Å². The molecular weight excluding hydrogens is 328 g/mol. The van der Waals surface area contributed by atoms with Gasteiger partial charge in [0.1, 0.15) is 9.79 Å². The van der Waals surface area contributed by atoms with Gasteiger partial charge in [-0.2, -0.15) is 0 Å². The second-order valence-corrected chi connectivity index (χ2v) is 10.2. The topological polar surface area (TPSA) is 154 Å². The third kappa shape index (κ3) is 3.04. The molecule has 0 spiro atoms. The van der Waals surface area contributed by atoms with Crippen LogP contribution in [0.1, 0.15) is 0 Å². The summed E-state index contributed by atoms with van der Waals surface area (Å²) < 4.78 is 70.0. The zero-order valence-electron chi connectivity index (χ0n) is 10.9. The van der Waals surface area contributed by atoms with Crippen LogP contribution in [0.4, 0.5) is 11.4 Å². The molecule has 1 aromatic carbocycles. The van der Waals surface area contributed by atoms with Gasteiger partial charge in [0, 0.05) is 18.8 Å². The lowest BCUT2D eigenvalue weighted by atomic mass is 10.3. The average molecular weight is 342 g/mol. The molecule has 0 heterocycles. The van der Waals surface area contributed by atoms with E-state index < -0.39 is 55.6 Å². The molecule has 0 fully saturated rings. The van der Waals surface area contributed by atoms with E-state index in [0.717, 1.165) is 24.8 Å². The SMILES string of the molecule is CS(=O)(=O)c1cc(N)c(S(C)(=O)=O)c(N)c1S(C)(=O)=O. The monoisotopic (exact) mass is 342 g/mol. The molecule has 8 nitrogen and oxygen atoms in total. The van der Waals surface area contributed by atoms with Crippen molar-refractivity contribution in [3.05, 3.63) is 6.07 Å². The second-order valence-electron chi connectivity index (χ2n) is 4.35. The summed E-state index contributed by atoms with van der Waals surface area (Å²) in [5, 5.41) is 0. The molecule has 0 aliphatic heterocycles. The van der Waals surface area contributed by atoms with Gasteiger partial charge in [0.2, 0.25) is 0 Å². The molecule has 0 aliphatic carbocycles. The summed E-state index contributed by atoms with van der Waals surface area (Å²) >= 11 is 0. The third-order valence-corrected chi connectivity index (χ3v) is 6.03. The molecule has 0 radical (unpaired) electrons. The number of nitrogens with two attached hydrogens (primary N) is 2. The Labute approximate surface area is 117 Å². The molecular formula is C9H14N2O6S3. The van der Waals surface area contributed by atoms with E-state index in [4.69, 9.17) is 11.5 Å². The highest BCUT2D eigenvalue weighted by Crippen LogP contribution is 2.36. The van der Waals surface area contributed by atoms with Gasteiger partial charge in [0.15, 0.2) is 29.5 Å². The van der Waals surface area contributed by atoms with Crippen LogP contribution in [0, 0.1) is 0 Å². The van der Waals surface area contributed by atoms with E-state index in [1.807, 2.05) is 0 Å². The van der Waals surface area contributed by atoms with Crippen LogP contribution >= 0.6 is 0 Å². The Hall–Kier alpha value is -1.33. The van der Waals surface area contributed by atoms with Crippen LogP contribution in [0.15, 0.2) is 20.8 Å². The Morgan fingerprint density at radius 3 is 1.45 bits per heavy atom. The first-order valence-corrected chi connectivity index (χ1v) is 10.7. The number of hydrogen-bond acceptors (Lipinski definition) is 8. The van der Waals surface area contributed by atoms with Gasteiger partial charge in [0.25, 0.3) is 0 Å². The summed E-state index contributed by atoms with van der Waals surface area (Å²) in [5.41, 5.74) is 9.95. The van der Waals surface area contributed by atoms with Gasteiger partial charge in [-0.25, -0.2) is 25.3 Å². The number of anilines is 2. The second kappa shape index (κ2) is 4.60. The summed E-state index contributed by atoms with van der Waals surface area (Å²) in [6, 6.07) is 0.790. The summed E-state index contributed by atoms with van der Waals surface area (Å²) in [6.45, 7) is 0. The van der Waals surface area contributed by atoms with E-state index >= 15 is 0 Å². The van der Waals surface area contributed by atoms with Crippen molar-refractivity contribution in [3.8, 4) is 0 Å². The van der Waals surface area contributed by atoms with Crippen LogP contribution in [0.5, 0.6) is 0 Å². The van der Waals surface area contributed by atoms with Crippen LogP contribution in [0.25, 0.3) is 0 Å². The first-order valence-electron chi connectivity index (χ1n) is 4.99. The first kappa shape index (κ1) is 16.7. The standard InChI is InChI=1S/C9H14N2O6S3/c1-18(12,13)6-4-5(10)8(19(2,14)15)7(11)9(6)20(3,16)17/h4H,10-11H2,1-3H3. The van der Waals surface area contributed by atoms with Crippen molar-refractivity contribution in [2.24, 2.45) is 0 Å². The Kier molecular flexibility index (Phi) is 3.85. The van der Waals surface area contributed by atoms with E-state index in [1.54, 1.807) is 0 Å². The maximum atomic E-state index is 11.7. The Morgan fingerprint density at radius 1 is 0.750 bits per heavy atom. The summed E-state index contributed by atoms with van der Waals surface area (Å²) in [5.74, 6) is 0. The van der Waals surface area contributed by atoms with Crippen LogP contribution in [0.3, 0.4) is 0 Å². The van der Waals surface area contributed by atoms with Crippen molar-refractivity contribution in [1.82, 2.24) is 0 Å². The van der Waals surface area contributed by atoms with Crippen LogP contribution < -0.4 is 11.5 Å². The molecule has 0 saturated heterocycles. The zero-order chi connectivity index (χ0) is 16.1. The predicted octanol–water partition coefficient (Wildman–Crippen LogP) is -0.938. The summed E-state index contributed by atoms with van der Waals surface area (Å²) in [7, 11) is -11.9. The minimum absolute atomic E-state index is 0.419. The highest BCUT2D eigenvalue weighted by molar-refractivity contribution is 7.94. The van der Waals surface area contributed by atoms with Gasteiger partial charge in [0.05, 0.1) is 16.3 Å². The lowest BCUT2D eigenvalue weighted by Crippen LogP contribution is -2.16. The summed E-state index contributed by atoms with van der Waals surface area (Å²) in [4.78, 5) is -1.97. The molecule has 0 aromatic heterocycles. The molecule has 1 aromatic rings. The number of nitrogen functional groups attached to an aromatic ring is 2.